The van der Waals surface area contributed by atoms with E-state index >= 15 is 0 Å². The Morgan fingerprint density at radius 1 is 1.27 bits per heavy atom. The number of guanidine groups is 1. The van der Waals surface area contributed by atoms with Crippen LogP contribution in [0.25, 0.3) is 0 Å². The van der Waals surface area contributed by atoms with Gasteiger partial charge < -0.3 is 10.6 Å². The molecule has 1 rings (SSSR count). The minimum absolute atomic E-state index is 0.00128. The number of nitrogens with zero attached hydrogens (tertiary/aromatic N) is 2. The Morgan fingerprint density at radius 3 is 2.35 bits per heavy atom. The van der Waals surface area contributed by atoms with Crippen molar-refractivity contribution in [2.45, 2.75) is 66.0 Å². The Morgan fingerprint density at radius 2 is 1.85 bits per heavy atom. The molecule has 0 amide bonds. The standard InChI is InChI=1S/C19H40N4O2S/c1-8-20-18(22-17(4)9-10-26(7,24)25)21-14-19(5,6)23-12-15(2)11-16(3)13-23/h15-17H,8-14H2,1-7H3,(H2,20,21,22). The number of likely N-dealkylation sites (tertiary alicyclic amines) is 1. The molecule has 2 N–H and O–H groups in total. The summed E-state index contributed by atoms with van der Waals surface area (Å²) in [6.07, 6.45) is 3.16. The normalized spacial score (nSPS) is 24.3. The van der Waals surface area contributed by atoms with Gasteiger partial charge in [0.25, 0.3) is 0 Å². The zero-order chi connectivity index (χ0) is 20.0. The summed E-state index contributed by atoms with van der Waals surface area (Å²) < 4.78 is 22.7. The number of hydrogen-bond donors (Lipinski definition) is 2. The molecule has 1 heterocycles. The van der Waals surface area contributed by atoms with Gasteiger partial charge in [-0.25, -0.2) is 8.42 Å². The quantitative estimate of drug-likeness (QED) is 0.492. The van der Waals surface area contributed by atoms with Crippen LogP contribution in [0.4, 0.5) is 0 Å². The Labute approximate surface area is 161 Å². The lowest BCUT2D eigenvalue weighted by molar-refractivity contribution is 0.0512. The molecule has 154 valence electrons. The lowest BCUT2D eigenvalue weighted by atomic mass is 9.88. The van der Waals surface area contributed by atoms with Crippen LogP contribution < -0.4 is 10.6 Å². The Hall–Kier alpha value is -0.820. The molecule has 1 fully saturated rings. The molecule has 0 aliphatic carbocycles. The fraction of sp³-hybridized carbons (Fsp3) is 0.947. The van der Waals surface area contributed by atoms with Crippen molar-refractivity contribution >= 4 is 15.8 Å². The molecule has 1 saturated heterocycles. The third kappa shape index (κ3) is 8.71. The predicted octanol–water partition coefficient (Wildman–Crippen LogP) is 2.12. The van der Waals surface area contributed by atoms with Crippen LogP contribution in [0.5, 0.6) is 0 Å². The number of aliphatic imine (C=N–C) groups is 1. The Kier molecular flexibility index (Phi) is 8.86. The topological polar surface area (TPSA) is 73.8 Å². The smallest absolute Gasteiger partial charge is 0.191 e. The summed E-state index contributed by atoms with van der Waals surface area (Å²) in [5.74, 6) is 2.41. The van der Waals surface area contributed by atoms with E-state index < -0.39 is 9.84 Å². The Bertz CT molecular complexity index is 550. The van der Waals surface area contributed by atoms with Crippen LogP contribution >= 0.6 is 0 Å². The van der Waals surface area contributed by atoms with Gasteiger partial charge in [-0.15, -0.1) is 0 Å². The average molecular weight is 389 g/mol. The molecular formula is C19H40N4O2S. The number of nitrogens with one attached hydrogen (secondary N) is 2. The fourth-order valence-corrected chi connectivity index (χ4v) is 4.33. The molecule has 26 heavy (non-hydrogen) atoms. The van der Waals surface area contributed by atoms with Crippen molar-refractivity contribution in [1.29, 1.82) is 0 Å². The molecule has 0 aromatic carbocycles. The highest BCUT2D eigenvalue weighted by Gasteiger charge is 2.32. The monoisotopic (exact) mass is 388 g/mol. The highest BCUT2D eigenvalue weighted by atomic mass is 32.2. The molecule has 3 unspecified atom stereocenters. The number of piperidine rings is 1. The predicted molar refractivity (Wildman–Crippen MR) is 112 cm³/mol. The summed E-state index contributed by atoms with van der Waals surface area (Å²) in [6.45, 7) is 17.0. The number of hydrogen-bond acceptors (Lipinski definition) is 4. The van der Waals surface area contributed by atoms with Gasteiger partial charge in [-0.3, -0.25) is 9.89 Å². The third-order valence-corrected chi connectivity index (χ3v) is 5.98. The second-order valence-corrected chi connectivity index (χ2v) is 11.1. The van der Waals surface area contributed by atoms with Crippen molar-refractivity contribution in [3.63, 3.8) is 0 Å². The molecule has 7 heteroatoms. The van der Waals surface area contributed by atoms with Crippen molar-refractivity contribution < 1.29 is 8.42 Å². The van der Waals surface area contributed by atoms with Crippen LogP contribution in [0.2, 0.25) is 0 Å². The maximum atomic E-state index is 11.4. The first-order valence-corrected chi connectivity index (χ1v) is 12.0. The van der Waals surface area contributed by atoms with E-state index in [-0.39, 0.29) is 17.3 Å². The highest BCUT2D eigenvalue weighted by Crippen LogP contribution is 2.27. The van der Waals surface area contributed by atoms with Crippen LogP contribution in [-0.4, -0.2) is 69.0 Å². The third-order valence-electron chi connectivity index (χ3n) is 5.00. The van der Waals surface area contributed by atoms with Gasteiger partial charge in [0.1, 0.15) is 9.84 Å². The minimum Gasteiger partial charge on any atom is -0.357 e. The number of rotatable bonds is 8. The van der Waals surface area contributed by atoms with Gasteiger partial charge in [0, 0.05) is 37.5 Å². The van der Waals surface area contributed by atoms with E-state index in [9.17, 15) is 8.42 Å². The highest BCUT2D eigenvalue weighted by molar-refractivity contribution is 7.90. The van der Waals surface area contributed by atoms with Crippen LogP contribution in [0, 0.1) is 11.8 Å². The second-order valence-electron chi connectivity index (χ2n) is 8.82. The fourth-order valence-electron chi connectivity index (χ4n) is 3.55. The summed E-state index contributed by atoms with van der Waals surface area (Å²) in [6, 6.07) is 0.0562. The van der Waals surface area contributed by atoms with Crippen LogP contribution in [0.3, 0.4) is 0 Å². The van der Waals surface area contributed by atoms with Crippen molar-refractivity contribution in [2.75, 3.05) is 38.2 Å². The molecule has 3 atom stereocenters. The maximum absolute atomic E-state index is 11.4. The summed E-state index contributed by atoms with van der Waals surface area (Å²) in [5.41, 5.74) is 0.00128. The van der Waals surface area contributed by atoms with E-state index in [1.54, 1.807) is 0 Å². The summed E-state index contributed by atoms with van der Waals surface area (Å²) in [7, 11) is -2.93. The van der Waals surface area contributed by atoms with E-state index in [0.29, 0.717) is 13.0 Å². The molecule has 0 bridgehead atoms. The second kappa shape index (κ2) is 9.93. The lowest BCUT2D eigenvalue weighted by Crippen LogP contribution is -2.53. The minimum atomic E-state index is -2.93. The molecule has 0 aromatic heterocycles. The zero-order valence-corrected chi connectivity index (χ0v) is 18.6. The maximum Gasteiger partial charge on any atom is 0.191 e. The first-order valence-electron chi connectivity index (χ1n) is 9.90. The van der Waals surface area contributed by atoms with Crippen molar-refractivity contribution in [1.82, 2.24) is 15.5 Å². The largest absolute Gasteiger partial charge is 0.357 e. The van der Waals surface area contributed by atoms with E-state index in [1.807, 2.05) is 13.8 Å². The van der Waals surface area contributed by atoms with Gasteiger partial charge in [0.15, 0.2) is 5.96 Å². The van der Waals surface area contributed by atoms with Crippen LogP contribution in [0.1, 0.15) is 54.4 Å². The van der Waals surface area contributed by atoms with Crippen molar-refractivity contribution in [2.24, 2.45) is 16.8 Å². The Balaban J connectivity index is 2.68. The van der Waals surface area contributed by atoms with E-state index in [2.05, 4.69) is 43.2 Å². The van der Waals surface area contributed by atoms with Gasteiger partial charge in [-0.1, -0.05) is 13.8 Å². The molecule has 0 aromatic rings. The molecule has 0 saturated carbocycles. The SMILES string of the molecule is CCNC(=NCC(C)(C)N1CC(C)CC(C)C1)NC(C)CCS(C)(=O)=O. The molecule has 1 aliphatic rings. The summed E-state index contributed by atoms with van der Waals surface area (Å²) >= 11 is 0. The van der Waals surface area contributed by atoms with Crippen molar-refractivity contribution in [3.05, 3.63) is 0 Å². The molecule has 0 spiro atoms. The molecule has 0 radical (unpaired) electrons. The van der Waals surface area contributed by atoms with Gasteiger partial charge in [-0.2, -0.15) is 0 Å². The summed E-state index contributed by atoms with van der Waals surface area (Å²) in [5, 5.41) is 6.61. The van der Waals surface area contributed by atoms with Crippen LogP contribution in [0.15, 0.2) is 4.99 Å². The molecular weight excluding hydrogens is 348 g/mol. The van der Waals surface area contributed by atoms with E-state index in [0.717, 1.165) is 37.4 Å². The molecule has 1 aliphatic heterocycles. The van der Waals surface area contributed by atoms with Gasteiger partial charge in [0.05, 0.1) is 12.3 Å². The van der Waals surface area contributed by atoms with E-state index in [1.165, 1.54) is 12.7 Å². The first-order chi connectivity index (χ1) is 11.9. The zero-order valence-electron chi connectivity index (χ0n) is 17.8. The first kappa shape index (κ1) is 23.2. The van der Waals surface area contributed by atoms with Crippen molar-refractivity contribution in [3.8, 4) is 0 Å². The number of sulfone groups is 1. The van der Waals surface area contributed by atoms with Gasteiger partial charge in [-0.05, 0) is 52.4 Å². The van der Waals surface area contributed by atoms with Crippen LogP contribution in [-0.2, 0) is 9.84 Å². The molecule has 6 nitrogen and oxygen atoms in total. The lowest BCUT2D eigenvalue weighted by Gasteiger charge is -2.44. The van der Waals surface area contributed by atoms with Gasteiger partial charge >= 0.3 is 0 Å². The summed E-state index contributed by atoms with van der Waals surface area (Å²) in [4.78, 5) is 7.36. The van der Waals surface area contributed by atoms with E-state index in [4.69, 9.17) is 4.99 Å². The van der Waals surface area contributed by atoms with Gasteiger partial charge in [0.2, 0.25) is 0 Å². The average Bonchev–Trinajstić information content (AvgIpc) is 2.49.